The fourth-order valence-electron chi connectivity index (χ4n) is 1.05. The zero-order valence-corrected chi connectivity index (χ0v) is 12.5. The second kappa shape index (κ2) is 5.33. The summed E-state index contributed by atoms with van der Waals surface area (Å²) in [6, 6.07) is 4.93. The van der Waals surface area contributed by atoms with Gasteiger partial charge in [-0.05, 0) is 48.0 Å². The molecule has 0 aliphatic heterocycles. The zero-order valence-electron chi connectivity index (χ0n) is 9.38. The van der Waals surface area contributed by atoms with E-state index in [9.17, 15) is 4.79 Å². The lowest BCUT2D eigenvalue weighted by Crippen LogP contribution is -2.52. The molecule has 0 aliphatic rings. The number of nitrogens with two attached hydrogens (primary N) is 1. The van der Waals surface area contributed by atoms with Crippen LogP contribution in [0.15, 0.2) is 22.7 Å². The maximum absolute atomic E-state index is 11.9. The molecule has 3 nitrogen and oxygen atoms in total. The lowest BCUT2D eigenvalue weighted by molar-refractivity contribution is 0.0932. The highest BCUT2D eigenvalue weighted by Gasteiger charge is 2.24. The highest BCUT2D eigenvalue weighted by molar-refractivity contribution is 9.10. The van der Waals surface area contributed by atoms with Gasteiger partial charge in [-0.2, -0.15) is 0 Å². The van der Waals surface area contributed by atoms with E-state index in [1.165, 1.54) is 0 Å². The summed E-state index contributed by atoms with van der Waals surface area (Å²) in [5.74, 6) is -0.250. The van der Waals surface area contributed by atoms with E-state index in [-0.39, 0.29) is 10.9 Å². The minimum Gasteiger partial charge on any atom is -0.391 e. The third-order valence-electron chi connectivity index (χ3n) is 2.22. The average Bonchev–Trinajstić information content (AvgIpc) is 2.21. The summed E-state index contributed by atoms with van der Waals surface area (Å²) in [5, 5.41) is 3.30. The number of hydrogen-bond donors (Lipinski definition) is 2. The van der Waals surface area contributed by atoms with Crippen molar-refractivity contribution in [3.63, 3.8) is 0 Å². The molecule has 6 heteroatoms. The van der Waals surface area contributed by atoms with Crippen LogP contribution < -0.4 is 11.1 Å². The quantitative estimate of drug-likeness (QED) is 0.835. The van der Waals surface area contributed by atoms with Crippen LogP contribution in [0.2, 0.25) is 5.02 Å². The van der Waals surface area contributed by atoms with Crippen LogP contribution in [0.5, 0.6) is 0 Å². The van der Waals surface area contributed by atoms with Crippen LogP contribution in [0.3, 0.4) is 0 Å². The van der Waals surface area contributed by atoms with Crippen LogP contribution in [0.25, 0.3) is 0 Å². The number of nitrogens with one attached hydrogen (secondary N) is 1. The number of halogens is 2. The smallest absolute Gasteiger partial charge is 0.252 e. The van der Waals surface area contributed by atoms with E-state index in [4.69, 9.17) is 29.6 Å². The summed E-state index contributed by atoms with van der Waals surface area (Å²) in [5.41, 5.74) is 5.30. The summed E-state index contributed by atoms with van der Waals surface area (Å²) < 4.78 is 0.667. The fraction of sp³-hybridized carbons (Fsp3) is 0.273. The van der Waals surface area contributed by atoms with Crippen molar-refractivity contribution in [3.8, 4) is 0 Å². The van der Waals surface area contributed by atoms with Gasteiger partial charge in [0.15, 0.2) is 0 Å². The van der Waals surface area contributed by atoms with Gasteiger partial charge in [0.1, 0.15) is 0 Å². The van der Waals surface area contributed by atoms with E-state index in [2.05, 4.69) is 21.2 Å². The molecule has 0 saturated carbocycles. The van der Waals surface area contributed by atoms with Gasteiger partial charge < -0.3 is 11.1 Å². The molecule has 0 aliphatic carbocycles. The minimum atomic E-state index is -0.724. The topological polar surface area (TPSA) is 55.1 Å². The van der Waals surface area contributed by atoms with Gasteiger partial charge in [-0.1, -0.05) is 23.8 Å². The molecule has 1 aromatic carbocycles. The molecule has 17 heavy (non-hydrogen) atoms. The van der Waals surface area contributed by atoms with E-state index < -0.39 is 5.54 Å². The Labute approximate surface area is 119 Å². The van der Waals surface area contributed by atoms with Crippen molar-refractivity contribution < 1.29 is 4.79 Å². The van der Waals surface area contributed by atoms with Crippen LogP contribution >= 0.6 is 39.7 Å². The molecule has 92 valence electrons. The Kier molecular flexibility index (Phi) is 4.52. The summed E-state index contributed by atoms with van der Waals surface area (Å²) >= 11 is 14.0. The van der Waals surface area contributed by atoms with Crippen LogP contribution in [0, 0.1) is 0 Å². The molecule has 3 N–H and O–H groups in total. The Morgan fingerprint density at radius 1 is 1.53 bits per heavy atom. The molecule has 0 bridgehead atoms. The number of carbonyl (C=O) groups is 1. The van der Waals surface area contributed by atoms with Crippen LogP contribution in [0.4, 0.5) is 0 Å². The van der Waals surface area contributed by atoms with Gasteiger partial charge in [0.2, 0.25) is 0 Å². The highest BCUT2D eigenvalue weighted by atomic mass is 79.9. The average molecular weight is 336 g/mol. The van der Waals surface area contributed by atoms with Gasteiger partial charge in [-0.3, -0.25) is 4.79 Å². The maximum atomic E-state index is 11.9. The van der Waals surface area contributed by atoms with Crippen molar-refractivity contribution in [2.24, 2.45) is 5.73 Å². The maximum Gasteiger partial charge on any atom is 0.252 e. The third kappa shape index (κ3) is 3.66. The Hall–Kier alpha value is -0.650. The number of rotatable bonds is 3. The molecule has 1 aromatic rings. The lowest BCUT2D eigenvalue weighted by Gasteiger charge is -2.24. The fourth-order valence-corrected chi connectivity index (χ4v) is 1.60. The van der Waals surface area contributed by atoms with E-state index in [0.29, 0.717) is 15.1 Å². The minimum absolute atomic E-state index is 0.235. The van der Waals surface area contributed by atoms with Crippen LogP contribution in [0.1, 0.15) is 24.2 Å². The van der Waals surface area contributed by atoms with Crippen LogP contribution in [-0.2, 0) is 0 Å². The Morgan fingerprint density at radius 2 is 2.12 bits per heavy atom. The third-order valence-corrected chi connectivity index (χ3v) is 3.95. The van der Waals surface area contributed by atoms with Crippen molar-refractivity contribution in [2.45, 2.75) is 19.4 Å². The van der Waals surface area contributed by atoms with Crippen molar-refractivity contribution >= 4 is 50.6 Å². The van der Waals surface area contributed by atoms with Gasteiger partial charge in [-0.25, -0.2) is 0 Å². The molecule has 0 spiro atoms. The van der Waals surface area contributed by atoms with E-state index in [0.717, 1.165) is 0 Å². The molecular weight excluding hydrogens is 324 g/mol. The normalized spacial score (nSPS) is 11.1. The second-order valence-corrected chi connectivity index (χ2v) is 5.77. The Bertz CT molecular complexity index is 477. The number of benzene rings is 1. The predicted molar refractivity (Wildman–Crippen MR) is 77.5 cm³/mol. The number of carbonyl (C=O) groups excluding carboxylic acids is 1. The second-order valence-electron chi connectivity index (χ2n) is 4.07. The summed E-state index contributed by atoms with van der Waals surface area (Å²) in [4.78, 5) is 12.2. The standard InChI is InChI=1S/C11H12BrClN2OS/c1-11(2,10(14)17)15-9(16)6-3-4-8(13)7(12)5-6/h3-5H,1-2H3,(H2,14,17)(H,15,16). The summed E-state index contributed by atoms with van der Waals surface area (Å²) in [6.07, 6.45) is 0. The zero-order chi connectivity index (χ0) is 13.2. The largest absolute Gasteiger partial charge is 0.391 e. The first kappa shape index (κ1) is 14.4. The van der Waals surface area contributed by atoms with Crippen molar-refractivity contribution in [3.05, 3.63) is 33.3 Å². The Balaban J connectivity index is 2.91. The summed E-state index contributed by atoms with van der Waals surface area (Å²) in [6.45, 7) is 3.50. The molecule has 0 atom stereocenters. The first-order valence-electron chi connectivity index (χ1n) is 4.81. The molecule has 0 aromatic heterocycles. The molecule has 0 radical (unpaired) electrons. The molecule has 1 amide bonds. The van der Waals surface area contributed by atoms with Gasteiger partial charge in [0, 0.05) is 10.0 Å². The van der Waals surface area contributed by atoms with Gasteiger partial charge in [0.25, 0.3) is 5.91 Å². The molecule has 0 heterocycles. The predicted octanol–water partition coefficient (Wildman–Crippen LogP) is 2.90. The van der Waals surface area contributed by atoms with Gasteiger partial charge >= 0.3 is 0 Å². The molecule has 0 saturated heterocycles. The number of amides is 1. The molecule has 0 fully saturated rings. The Morgan fingerprint density at radius 3 is 2.59 bits per heavy atom. The van der Waals surface area contributed by atoms with E-state index >= 15 is 0 Å². The van der Waals surface area contributed by atoms with Crippen LogP contribution in [-0.4, -0.2) is 16.4 Å². The van der Waals surface area contributed by atoms with Gasteiger partial charge in [0.05, 0.1) is 15.6 Å². The monoisotopic (exact) mass is 334 g/mol. The summed E-state index contributed by atoms with van der Waals surface area (Å²) in [7, 11) is 0. The molecular formula is C11H12BrClN2OS. The number of thiocarbonyl (C=S) groups is 1. The van der Waals surface area contributed by atoms with Crippen molar-refractivity contribution in [1.82, 2.24) is 5.32 Å². The van der Waals surface area contributed by atoms with E-state index in [1.807, 2.05) is 0 Å². The molecule has 1 rings (SSSR count). The van der Waals surface area contributed by atoms with Gasteiger partial charge in [-0.15, -0.1) is 0 Å². The number of hydrogen-bond acceptors (Lipinski definition) is 2. The van der Waals surface area contributed by atoms with E-state index in [1.54, 1.807) is 32.0 Å². The highest BCUT2D eigenvalue weighted by Crippen LogP contribution is 2.23. The first-order valence-corrected chi connectivity index (χ1v) is 6.39. The SMILES string of the molecule is CC(C)(NC(=O)c1ccc(Cl)c(Br)c1)C(N)=S. The van der Waals surface area contributed by atoms with Crippen molar-refractivity contribution in [1.29, 1.82) is 0 Å². The lowest BCUT2D eigenvalue weighted by atomic mass is 10.1. The molecule has 0 unspecified atom stereocenters. The first-order chi connectivity index (χ1) is 7.74. The van der Waals surface area contributed by atoms with Crippen molar-refractivity contribution in [2.75, 3.05) is 0 Å².